The van der Waals surface area contributed by atoms with E-state index in [9.17, 15) is 4.91 Å². The largest absolute Gasteiger partial charge is 0.137 e. The molecule has 0 saturated heterocycles. The number of nitroso groups, excluding NO2 is 1. The van der Waals surface area contributed by atoms with Gasteiger partial charge >= 0.3 is 0 Å². The van der Waals surface area contributed by atoms with Crippen molar-refractivity contribution in [3.05, 3.63) is 16.1 Å². The van der Waals surface area contributed by atoms with Gasteiger partial charge in [0.1, 0.15) is 0 Å². The third-order valence-corrected chi connectivity index (χ3v) is 6.12. The Bertz CT molecular complexity index is 357. The molecule has 90 valence electrons. The first-order chi connectivity index (χ1) is 7.36. The topological polar surface area (TPSA) is 29.4 Å². The van der Waals surface area contributed by atoms with E-state index in [0.29, 0.717) is 16.6 Å². The van der Waals surface area contributed by atoms with Gasteiger partial charge in [0.15, 0.2) is 0 Å². The number of hydrogen-bond donors (Lipinski definition) is 0. The van der Waals surface area contributed by atoms with E-state index in [0.717, 1.165) is 0 Å². The molecule has 3 unspecified atom stereocenters. The van der Waals surface area contributed by atoms with Gasteiger partial charge in [-0.3, -0.25) is 0 Å². The number of nitrogens with zero attached hydrogens (tertiary/aromatic N) is 1. The first-order valence-electron chi connectivity index (χ1n) is 6.02. The van der Waals surface area contributed by atoms with E-state index >= 15 is 0 Å². The summed E-state index contributed by atoms with van der Waals surface area (Å²) < 4.78 is 3.10. The molecule has 2 fully saturated rings. The molecule has 2 saturated carbocycles. The first-order valence-corrected chi connectivity index (χ1v) is 6.86. The van der Waals surface area contributed by atoms with Crippen molar-refractivity contribution in [2.24, 2.45) is 21.3 Å². The summed E-state index contributed by atoms with van der Waals surface area (Å²) in [6, 6.07) is 0. The molecule has 2 bridgehead atoms. The lowest BCUT2D eigenvalue weighted by atomic mass is 9.68. The van der Waals surface area contributed by atoms with Crippen molar-refractivity contribution in [2.45, 2.75) is 52.7 Å². The quantitative estimate of drug-likeness (QED) is 0.401. The second-order valence-corrected chi connectivity index (χ2v) is 7.08. The lowest BCUT2D eigenvalue weighted by Crippen LogP contribution is -2.28. The second kappa shape index (κ2) is 3.59. The summed E-state index contributed by atoms with van der Waals surface area (Å²) in [5.74, 6) is 0.616. The monoisotopic (exact) mass is 239 g/mol. The van der Waals surface area contributed by atoms with Crippen molar-refractivity contribution in [1.29, 1.82) is 0 Å². The molecular formula is C13H21NOS. The molecule has 0 aromatic rings. The third kappa shape index (κ3) is 1.27. The van der Waals surface area contributed by atoms with Gasteiger partial charge in [0, 0.05) is 16.5 Å². The highest BCUT2D eigenvalue weighted by atomic mass is 32.2. The average molecular weight is 239 g/mol. The Morgan fingerprint density at radius 3 is 2.50 bits per heavy atom. The molecule has 2 rings (SSSR count). The highest BCUT2D eigenvalue weighted by Gasteiger charge is 2.64. The molecule has 0 spiro atoms. The van der Waals surface area contributed by atoms with Crippen LogP contribution in [-0.2, 0) is 0 Å². The van der Waals surface area contributed by atoms with Crippen LogP contribution in [-0.4, -0.2) is 5.25 Å². The zero-order valence-corrected chi connectivity index (χ0v) is 11.6. The normalized spacial score (nSPS) is 40.2. The number of allylic oxidation sites excluding steroid dienone is 1. The van der Waals surface area contributed by atoms with E-state index < -0.39 is 0 Å². The number of fused-ring (bicyclic) bond motifs is 2. The van der Waals surface area contributed by atoms with Gasteiger partial charge in [0.05, 0.1) is 5.25 Å². The Labute approximate surface area is 102 Å². The Kier molecular flexibility index (Phi) is 2.73. The van der Waals surface area contributed by atoms with Gasteiger partial charge in [-0.2, -0.15) is 0 Å². The Hall–Kier alpha value is -0.310. The minimum absolute atomic E-state index is 0.277. The van der Waals surface area contributed by atoms with Gasteiger partial charge in [0.25, 0.3) is 0 Å². The summed E-state index contributed by atoms with van der Waals surface area (Å²) >= 11 is 1.25. The van der Waals surface area contributed by atoms with Crippen molar-refractivity contribution < 1.29 is 0 Å². The van der Waals surface area contributed by atoms with Crippen molar-refractivity contribution in [3.8, 4) is 0 Å². The summed E-state index contributed by atoms with van der Waals surface area (Å²) in [6.45, 7) is 11.4. The van der Waals surface area contributed by atoms with Crippen LogP contribution in [0.5, 0.6) is 0 Å². The Balaban J connectivity index is 2.53. The van der Waals surface area contributed by atoms with Crippen LogP contribution in [0.25, 0.3) is 0 Å². The standard InChI is InChI=1S/C13H21NOS/c1-8(2)10-11(16-14-15)9-6-7-13(10,5)12(9,3)4/h9,11H,6-7H2,1-5H3. The molecule has 0 N–H and O–H groups in total. The van der Waals surface area contributed by atoms with Crippen molar-refractivity contribution in [2.75, 3.05) is 0 Å². The van der Waals surface area contributed by atoms with Crippen molar-refractivity contribution in [3.63, 3.8) is 0 Å². The van der Waals surface area contributed by atoms with E-state index in [4.69, 9.17) is 0 Å². The molecule has 0 amide bonds. The van der Waals surface area contributed by atoms with Crippen LogP contribution in [0.2, 0.25) is 0 Å². The maximum absolute atomic E-state index is 10.6. The molecule has 0 aromatic heterocycles. The molecule has 0 radical (unpaired) electrons. The van der Waals surface area contributed by atoms with E-state index in [2.05, 4.69) is 39.2 Å². The van der Waals surface area contributed by atoms with Crippen LogP contribution in [0, 0.1) is 21.7 Å². The SMILES string of the molecule is CC(C)=C1C(SN=O)C2CCC1(C)C2(C)C. The number of rotatable bonds is 2. The van der Waals surface area contributed by atoms with Crippen molar-refractivity contribution in [1.82, 2.24) is 0 Å². The van der Waals surface area contributed by atoms with Gasteiger partial charge in [-0.1, -0.05) is 26.3 Å². The van der Waals surface area contributed by atoms with E-state index in [1.165, 1.54) is 35.9 Å². The van der Waals surface area contributed by atoms with Gasteiger partial charge in [-0.05, 0) is 49.0 Å². The summed E-state index contributed by atoms with van der Waals surface area (Å²) in [5, 5.41) is 0.330. The first kappa shape index (κ1) is 12.2. The Morgan fingerprint density at radius 1 is 1.38 bits per heavy atom. The zero-order chi connectivity index (χ0) is 12.1. The molecule has 0 aromatic carbocycles. The molecule has 3 atom stereocenters. The van der Waals surface area contributed by atoms with Crippen LogP contribution in [0.3, 0.4) is 0 Å². The minimum atomic E-state index is 0.277. The van der Waals surface area contributed by atoms with Crippen LogP contribution >= 0.6 is 11.9 Å². The summed E-state index contributed by atoms with van der Waals surface area (Å²) in [7, 11) is 0. The summed E-state index contributed by atoms with van der Waals surface area (Å²) in [5.41, 5.74) is 3.47. The molecule has 16 heavy (non-hydrogen) atoms. The summed E-state index contributed by atoms with van der Waals surface area (Å²) in [6.07, 6.45) is 2.51. The molecule has 2 aliphatic carbocycles. The fourth-order valence-corrected chi connectivity index (χ4v) is 5.39. The summed E-state index contributed by atoms with van der Waals surface area (Å²) in [4.78, 5) is 10.6. The van der Waals surface area contributed by atoms with E-state index in [1.807, 2.05) is 0 Å². The predicted octanol–water partition coefficient (Wildman–Crippen LogP) is 4.56. The van der Waals surface area contributed by atoms with Crippen molar-refractivity contribution >= 4 is 11.9 Å². The van der Waals surface area contributed by atoms with E-state index in [1.54, 1.807) is 0 Å². The van der Waals surface area contributed by atoms with Gasteiger partial charge in [0.2, 0.25) is 0 Å². The van der Waals surface area contributed by atoms with Crippen LogP contribution in [0.4, 0.5) is 0 Å². The fraction of sp³-hybridized carbons (Fsp3) is 0.846. The molecule has 0 heterocycles. The molecule has 3 heteroatoms. The molecular weight excluding hydrogens is 218 g/mol. The predicted molar refractivity (Wildman–Crippen MR) is 70.2 cm³/mol. The van der Waals surface area contributed by atoms with Gasteiger partial charge < -0.3 is 0 Å². The van der Waals surface area contributed by atoms with Crippen LogP contribution in [0.1, 0.15) is 47.5 Å². The van der Waals surface area contributed by atoms with Gasteiger partial charge in [-0.15, -0.1) is 4.91 Å². The average Bonchev–Trinajstić information content (AvgIpc) is 2.46. The Morgan fingerprint density at radius 2 is 2.00 bits per heavy atom. The zero-order valence-electron chi connectivity index (χ0n) is 10.8. The maximum Gasteiger partial charge on any atom is 0.0551 e. The third-order valence-electron chi connectivity index (χ3n) is 5.24. The van der Waals surface area contributed by atoms with E-state index in [-0.39, 0.29) is 5.41 Å². The minimum Gasteiger partial charge on any atom is -0.137 e. The molecule has 2 nitrogen and oxygen atoms in total. The lowest BCUT2D eigenvalue weighted by molar-refractivity contribution is 0.179. The second-order valence-electron chi connectivity index (χ2n) is 6.21. The maximum atomic E-state index is 10.6. The van der Waals surface area contributed by atoms with Crippen LogP contribution in [0.15, 0.2) is 15.7 Å². The fourth-order valence-electron chi connectivity index (χ4n) is 4.07. The molecule has 0 aliphatic heterocycles. The lowest BCUT2D eigenvalue weighted by Gasteiger charge is -2.36. The van der Waals surface area contributed by atoms with Gasteiger partial charge in [-0.25, -0.2) is 0 Å². The smallest absolute Gasteiger partial charge is 0.0551 e. The van der Waals surface area contributed by atoms with Crippen LogP contribution < -0.4 is 0 Å². The highest BCUT2D eigenvalue weighted by molar-refractivity contribution is 7.98. The number of hydrogen-bond acceptors (Lipinski definition) is 3. The highest BCUT2D eigenvalue weighted by Crippen LogP contribution is 2.70. The molecule has 2 aliphatic rings.